The summed E-state index contributed by atoms with van der Waals surface area (Å²) >= 11 is 0. The zero-order chi connectivity index (χ0) is 29.6. The highest BCUT2D eigenvalue weighted by molar-refractivity contribution is 7.90. The largest absolute Gasteiger partial charge is 0.480 e. The van der Waals surface area contributed by atoms with E-state index in [1.54, 1.807) is 6.07 Å². The maximum Gasteiger partial charge on any atom is 0.326 e. The van der Waals surface area contributed by atoms with Crippen LogP contribution < -0.4 is 5.32 Å². The van der Waals surface area contributed by atoms with Gasteiger partial charge in [0.1, 0.15) is 15.9 Å². The number of aryl methyl sites for hydroxylation is 1. The normalized spacial score (nSPS) is 21.0. The number of carbonyl (C=O) groups is 2. The number of carboxylic acids is 1. The maximum atomic E-state index is 13.5. The molecule has 0 radical (unpaired) electrons. The number of benzene rings is 2. The highest BCUT2D eigenvalue weighted by atomic mass is 32.2. The van der Waals surface area contributed by atoms with Crippen molar-refractivity contribution in [1.29, 1.82) is 0 Å². The van der Waals surface area contributed by atoms with Gasteiger partial charge in [-0.1, -0.05) is 69.4 Å². The molecule has 7 nitrogen and oxygen atoms in total. The fraction of sp³-hybridized carbons (Fsp3) is 0.576. The van der Waals surface area contributed by atoms with Gasteiger partial charge in [-0.15, -0.1) is 0 Å². The lowest BCUT2D eigenvalue weighted by molar-refractivity contribution is -0.139. The van der Waals surface area contributed by atoms with Gasteiger partial charge in [0.2, 0.25) is 0 Å². The second-order valence-electron chi connectivity index (χ2n) is 12.2. The van der Waals surface area contributed by atoms with Gasteiger partial charge >= 0.3 is 5.97 Å². The van der Waals surface area contributed by atoms with Gasteiger partial charge in [-0.2, -0.15) is 0 Å². The highest BCUT2D eigenvalue weighted by Gasteiger charge is 2.34. The molecule has 1 aliphatic heterocycles. The molecular formula is C33H46N2O5S. The summed E-state index contributed by atoms with van der Waals surface area (Å²) in [5.74, 6) is -1.26. The van der Waals surface area contributed by atoms with E-state index in [1.165, 1.54) is 51.4 Å². The average Bonchev–Trinajstić information content (AvgIpc) is 3.31. The van der Waals surface area contributed by atoms with E-state index in [2.05, 4.69) is 23.2 Å². The molecule has 2 aromatic carbocycles. The first-order valence-electron chi connectivity index (χ1n) is 15.2. The lowest BCUT2D eigenvalue weighted by atomic mass is 9.84. The molecule has 0 aromatic heterocycles. The molecule has 224 valence electrons. The van der Waals surface area contributed by atoms with Gasteiger partial charge in [0.05, 0.1) is 5.75 Å². The van der Waals surface area contributed by atoms with Crippen LogP contribution >= 0.6 is 0 Å². The molecule has 1 unspecified atom stereocenters. The van der Waals surface area contributed by atoms with E-state index in [0.29, 0.717) is 17.6 Å². The molecule has 3 atom stereocenters. The van der Waals surface area contributed by atoms with Gasteiger partial charge in [-0.25, -0.2) is 13.2 Å². The molecular weight excluding hydrogens is 536 g/mol. The van der Waals surface area contributed by atoms with Crippen molar-refractivity contribution in [2.45, 2.75) is 103 Å². The Morgan fingerprint density at radius 1 is 1.00 bits per heavy atom. The van der Waals surface area contributed by atoms with Crippen molar-refractivity contribution in [3.63, 3.8) is 0 Å². The second kappa shape index (κ2) is 14.0. The van der Waals surface area contributed by atoms with E-state index in [9.17, 15) is 23.1 Å². The number of hydrogen-bond donors (Lipinski definition) is 2. The topological polar surface area (TPSA) is 104 Å². The van der Waals surface area contributed by atoms with Crippen LogP contribution in [0.4, 0.5) is 0 Å². The van der Waals surface area contributed by atoms with Crippen molar-refractivity contribution in [3.8, 4) is 11.1 Å². The van der Waals surface area contributed by atoms with Crippen LogP contribution in [0.15, 0.2) is 42.5 Å². The number of carboxylic acid groups (broad SMARTS) is 1. The van der Waals surface area contributed by atoms with E-state index >= 15 is 0 Å². The standard InChI is InChI=1S/C33H46N2O5S/c1-4-26-15-16-27(20-24-11-6-5-7-12-24)35(26)22-25-14-17-29(30(21-25)28-13-9-8-10-23(28)2)32(36)34-31(33(37)38)18-19-41(3,39)40/h8-10,13-14,17,21,24,26-27,31H,4-7,11-12,15-16,18-20,22H2,1-3H3,(H,34,36)(H,37,38)/t26-,27-,31?/m0/s1. The highest BCUT2D eigenvalue weighted by Crippen LogP contribution is 2.37. The minimum Gasteiger partial charge on any atom is -0.480 e. The lowest BCUT2D eigenvalue weighted by Crippen LogP contribution is -2.42. The minimum atomic E-state index is -3.37. The molecule has 1 saturated carbocycles. The molecule has 41 heavy (non-hydrogen) atoms. The van der Waals surface area contributed by atoms with Gasteiger partial charge in [0, 0.05) is 30.4 Å². The van der Waals surface area contributed by atoms with E-state index in [1.807, 2.05) is 37.3 Å². The Morgan fingerprint density at radius 3 is 2.37 bits per heavy atom. The number of amides is 1. The van der Waals surface area contributed by atoms with E-state index in [4.69, 9.17) is 0 Å². The van der Waals surface area contributed by atoms with Crippen molar-refractivity contribution in [1.82, 2.24) is 10.2 Å². The summed E-state index contributed by atoms with van der Waals surface area (Å²) < 4.78 is 23.3. The minimum absolute atomic E-state index is 0.187. The predicted octanol–water partition coefficient (Wildman–Crippen LogP) is 5.99. The van der Waals surface area contributed by atoms with Gasteiger partial charge in [-0.05, 0) is 79.3 Å². The van der Waals surface area contributed by atoms with Gasteiger partial charge in [0.15, 0.2) is 0 Å². The molecule has 2 aliphatic rings. The van der Waals surface area contributed by atoms with Gasteiger partial charge in [-0.3, -0.25) is 9.69 Å². The van der Waals surface area contributed by atoms with Crippen LogP contribution in [0, 0.1) is 12.8 Å². The van der Waals surface area contributed by atoms with E-state index in [-0.39, 0.29) is 12.2 Å². The van der Waals surface area contributed by atoms with Crippen LogP contribution in [-0.4, -0.2) is 60.4 Å². The van der Waals surface area contributed by atoms with E-state index in [0.717, 1.165) is 47.4 Å². The summed E-state index contributed by atoms with van der Waals surface area (Å²) in [5.41, 5.74) is 4.24. The summed E-state index contributed by atoms with van der Waals surface area (Å²) in [7, 11) is -3.37. The number of aliphatic carboxylic acids is 1. The summed E-state index contributed by atoms with van der Waals surface area (Å²) in [4.78, 5) is 28.0. The van der Waals surface area contributed by atoms with Gasteiger partial charge in [0.25, 0.3) is 5.91 Å². The average molecular weight is 583 g/mol. The van der Waals surface area contributed by atoms with Crippen LogP contribution in [0.25, 0.3) is 11.1 Å². The maximum absolute atomic E-state index is 13.5. The van der Waals surface area contributed by atoms with Crippen molar-refractivity contribution >= 4 is 21.7 Å². The van der Waals surface area contributed by atoms with Crippen LogP contribution in [0.2, 0.25) is 0 Å². The zero-order valence-electron chi connectivity index (χ0n) is 24.8. The molecule has 1 amide bonds. The first-order valence-corrected chi connectivity index (χ1v) is 17.3. The summed E-state index contributed by atoms with van der Waals surface area (Å²) in [6.45, 7) is 5.10. The molecule has 0 bridgehead atoms. The van der Waals surface area contributed by atoms with Crippen molar-refractivity contribution in [3.05, 3.63) is 59.2 Å². The third-order valence-corrected chi connectivity index (χ3v) is 10.1. The zero-order valence-corrected chi connectivity index (χ0v) is 25.6. The summed E-state index contributed by atoms with van der Waals surface area (Å²) in [6, 6.07) is 13.6. The lowest BCUT2D eigenvalue weighted by Gasteiger charge is -2.33. The quantitative estimate of drug-likeness (QED) is 0.319. The smallest absolute Gasteiger partial charge is 0.326 e. The Labute approximate surface area is 245 Å². The van der Waals surface area contributed by atoms with Crippen LogP contribution in [0.3, 0.4) is 0 Å². The second-order valence-corrected chi connectivity index (χ2v) is 14.4. The van der Waals surface area contributed by atoms with Crippen molar-refractivity contribution in [2.24, 2.45) is 5.92 Å². The number of nitrogens with zero attached hydrogens (tertiary/aromatic N) is 1. The fourth-order valence-electron chi connectivity index (χ4n) is 6.79. The molecule has 1 aliphatic carbocycles. The first kappa shape index (κ1) is 31.2. The number of sulfone groups is 1. The number of likely N-dealkylation sites (tertiary alicyclic amines) is 1. The Bertz CT molecular complexity index is 1320. The van der Waals surface area contributed by atoms with Crippen LogP contribution in [0.1, 0.15) is 92.6 Å². The van der Waals surface area contributed by atoms with Gasteiger partial charge < -0.3 is 10.4 Å². The molecule has 4 rings (SSSR count). The third kappa shape index (κ3) is 8.41. The number of carbonyl (C=O) groups excluding carboxylic acids is 1. The fourth-order valence-corrected chi connectivity index (χ4v) is 7.46. The Hall–Kier alpha value is -2.71. The van der Waals surface area contributed by atoms with Crippen LogP contribution in [-0.2, 0) is 21.2 Å². The monoisotopic (exact) mass is 582 g/mol. The third-order valence-electron chi connectivity index (χ3n) is 9.08. The molecule has 2 aromatic rings. The first-order chi connectivity index (χ1) is 19.6. The molecule has 2 fully saturated rings. The van der Waals surface area contributed by atoms with E-state index < -0.39 is 27.8 Å². The summed E-state index contributed by atoms with van der Waals surface area (Å²) in [6.07, 6.45) is 12.5. The Morgan fingerprint density at radius 2 is 1.71 bits per heavy atom. The molecule has 0 spiro atoms. The molecule has 8 heteroatoms. The van der Waals surface area contributed by atoms with Crippen LogP contribution in [0.5, 0.6) is 0 Å². The van der Waals surface area contributed by atoms with Crippen molar-refractivity contribution in [2.75, 3.05) is 12.0 Å². The predicted molar refractivity (Wildman–Crippen MR) is 164 cm³/mol. The SMILES string of the molecule is CC[C@H]1CC[C@@H](CC2CCCCC2)N1Cc1ccc(C(=O)NC(CCS(C)(=O)=O)C(=O)O)c(-c2ccccc2C)c1. The Kier molecular flexibility index (Phi) is 10.6. The molecule has 1 saturated heterocycles. The molecule has 2 N–H and O–H groups in total. The Balaban J connectivity index is 1.61. The number of hydrogen-bond acceptors (Lipinski definition) is 5. The number of rotatable bonds is 12. The number of nitrogens with one attached hydrogen (secondary N) is 1. The van der Waals surface area contributed by atoms with Crippen molar-refractivity contribution < 1.29 is 23.1 Å². The summed E-state index contributed by atoms with van der Waals surface area (Å²) in [5, 5.41) is 12.3. The molecule has 1 heterocycles.